The summed E-state index contributed by atoms with van der Waals surface area (Å²) in [5, 5.41) is 7.73. The molecular weight excluding hydrogens is 378 g/mol. The lowest BCUT2D eigenvalue weighted by molar-refractivity contribution is -0.126. The van der Waals surface area contributed by atoms with E-state index in [0.29, 0.717) is 25.2 Å². The number of nitrogens with zero attached hydrogens (tertiary/aromatic N) is 1. The largest absolute Gasteiger partial charge is 0.354 e. The SMILES string of the molecule is O=C(NCCNC(=O)[C@@H]1CC(=O)N(c2ccccc2)C1)c1ccc2ccccc2c1. The van der Waals surface area contributed by atoms with E-state index in [1.807, 2.05) is 66.7 Å². The molecule has 2 N–H and O–H groups in total. The molecule has 0 unspecified atom stereocenters. The molecule has 0 aromatic heterocycles. The Bertz CT molecular complexity index is 1080. The van der Waals surface area contributed by atoms with E-state index < -0.39 is 0 Å². The number of fused-ring (bicyclic) bond motifs is 1. The van der Waals surface area contributed by atoms with Crippen molar-refractivity contribution in [3.05, 3.63) is 78.4 Å². The number of carbonyl (C=O) groups excluding carboxylic acids is 3. The molecule has 30 heavy (non-hydrogen) atoms. The van der Waals surface area contributed by atoms with Crippen molar-refractivity contribution in [2.75, 3.05) is 24.5 Å². The van der Waals surface area contributed by atoms with Crippen molar-refractivity contribution < 1.29 is 14.4 Å². The van der Waals surface area contributed by atoms with Crippen LogP contribution in [0, 0.1) is 5.92 Å². The van der Waals surface area contributed by atoms with Crippen LogP contribution in [0.15, 0.2) is 72.8 Å². The van der Waals surface area contributed by atoms with Gasteiger partial charge < -0.3 is 15.5 Å². The average Bonchev–Trinajstić information content (AvgIpc) is 3.18. The Morgan fingerprint density at radius 2 is 1.57 bits per heavy atom. The molecule has 0 saturated carbocycles. The molecule has 4 rings (SSSR count). The van der Waals surface area contributed by atoms with Crippen LogP contribution in [0.4, 0.5) is 5.69 Å². The summed E-state index contributed by atoms with van der Waals surface area (Å²) in [7, 11) is 0. The van der Waals surface area contributed by atoms with Crippen molar-refractivity contribution >= 4 is 34.2 Å². The van der Waals surface area contributed by atoms with Crippen LogP contribution in [0.2, 0.25) is 0 Å². The van der Waals surface area contributed by atoms with Crippen LogP contribution in [0.25, 0.3) is 10.8 Å². The molecule has 6 heteroatoms. The van der Waals surface area contributed by atoms with E-state index in [4.69, 9.17) is 0 Å². The van der Waals surface area contributed by atoms with Crippen LogP contribution < -0.4 is 15.5 Å². The lowest BCUT2D eigenvalue weighted by atomic mass is 10.1. The minimum Gasteiger partial charge on any atom is -0.354 e. The van der Waals surface area contributed by atoms with Gasteiger partial charge in [-0.1, -0.05) is 48.5 Å². The van der Waals surface area contributed by atoms with Crippen LogP contribution in [0.3, 0.4) is 0 Å². The predicted octanol–water partition coefficient (Wildman–Crippen LogP) is 2.74. The smallest absolute Gasteiger partial charge is 0.251 e. The third-order valence-electron chi connectivity index (χ3n) is 5.29. The average molecular weight is 401 g/mol. The van der Waals surface area contributed by atoms with Crippen LogP contribution in [-0.4, -0.2) is 37.4 Å². The predicted molar refractivity (Wildman–Crippen MR) is 116 cm³/mol. The fourth-order valence-corrected chi connectivity index (χ4v) is 3.68. The van der Waals surface area contributed by atoms with Crippen molar-refractivity contribution in [3.63, 3.8) is 0 Å². The highest BCUT2D eigenvalue weighted by molar-refractivity contribution is 6.00. The maximum Gasteiger partial charge on any atom is 0.251 e. The Labute approximate surface area is 174 Å². The van der Waals surface area contributed by atoms with E-state index in [1.54, 1.807) is 11.0 Å². The Morgan fingerprint density at radius 1 is 0.867 bits per heavy atom. The number of rotatable bonds is 6. The highest BCUT2D eigenvalue weighted by atomic mass is 16.2. The summed E-state index contributed by atoms with van der Waals surface area (Å²) in [4.78, 5) is 38.7. The maximum absolute atomic E-state index is 12.4. The van der Waals surface area contributed by atoms with Gasteiger partial charge in [-0.05, 0) is 35.0 Å². The van der Waals surface area contributed by atoms with Gasteiger partial charge in [0.15, 0.2) is 0 Å². The van der Waals surface area contributed by atoms with Gasteiger partial charge in [0.05, 0.1) is 5.92 Å². The number of amides is 3. The van der Waals surface area contributed by atoms with Crippen molar-refractivity contribution in [2.24, 2.45) is 5.92 Å². The second-order valence-corrected chi connectivity index (χ2v) is 7.35. The van der Waals surface area contributed by atoms with E-state index in [2.05, 4.69) is 10.6 Å². The molecule has 152 valence electrons. The number of hydrogen-bond acceptors (Lipinski definition) is 3. The number of hydrogen-bond donors (Lipinski definition) is 2. The molecule has 1 fully saturated rings. The fourth-order valence-electron chi connectivity index (χ4n) is 3.68. The summed E-state index contributed by atoms with van der Waals surface area (Å²) in [6.07, 6.45) is 0.199. The van der Waals surface area contributed by atoms with Gasteiger partial charge in [-0.25, -0.2) is 0 Å². The maximum atomic E-state index is 12.4. The van der Waals surface area contributed by atoms with Gasteiger partial charge in [-0.2, -0.15) is 0 Å². The third kappa shape index (κ3) is 4.33. The Kier molecular flexibility index (Phi) is 5.75. The van der Waals surface area contributed by atoms with E-state index in [1.165, 1.54) is 0 Å². The molecule has 0 bridgehead atoms. The van der Waals surface area contributed by atoms with Crippen molar-refractivity contribution in [1.29, 1.82) is 0 Å². The normalized spacial score (nSPS) is 15.9. The van der Waals surface area contributed by atoms with Crippen LogP contribution in [0.1, 0.15) is 16.8 Å². The summed E-state index contributed by atoms with van der Waals surface area (Å²) in [6.45, 7) is 1.01. The summed E-state index contributed by atoms with van der Waals surface area (Å²) < 4.78 is 0. The highest BCUT2D eigenvalue weighted by Gasteiger charge is 2.34. The monoisotopic (exact) mass is 401 g/mol. The van der Waals surface area contributed by atoms with Crippen LogP contribution in [0.5, 0.6) is 0 Å². The molecule has 1 aliphatic heterocycles. The first-order valence-electron chi connectivity index (χ1n) is 10.0. The number of anilines is 1. The van der Waals surface area contributed by atoms with Crippen LogP contribution in [-0.2, 0) is 9.59 Å². The topological polar surface area (TPSA) is 78.5 Å². The first-order valence-corrected chi connectivity index (χ1v) is 10.0. The van der Waals surface area contributed by atoms with Gasteiger partial charge in [0.25, 0.3) is 5.91 Å². The van der Waals surface area contributed by atoms with Gasteiger partial charge in [0.1, 0.15) is 0 Å². The van der Waals surface area contributed by atoms with E-state index in [0.717, 1.165) is 16.5 Å². The number of para-hydroxylation sites is 1. The molecule has 1 aliphatic rings. The number of benzene rings is 3. The summed E-state index contributed by atoms with van der Waals surface area (Å²) >= 11 is 0. The quantitative estimate of drug-likeness (QED) is 0.624. The molecule has 1 heterocycles. The lowest BCUT2D eigenvalue weighted by Gasteiger charge is -2.16. The van der Waals surface area contributed by atoms with Crippen molar-refractivity contribution in [3.8, 4) is 0 Å². The van der Waals surface area contributed by atoms with Gasteiger partial charge in [-0.15, -0.1) is 0 Å². The summed E-state index contributed by atoms with van der Waals surface area (Å²) in [6, 6.07) is 22.8. The molecule has 3 aromatic rings. The van der Waals surface area contributed by atoms with Gasteiger partial charge in [0, 0.05) is 37.3 Å². The van der Waals surface area contributed by atoms with Gasteiger partial charge in [0.2, 0.25) is 11.8 Å². The van der Waals surface area contributed by atoms with Gasteiger partial charge >= 0.3 is 0 Å². The van der Waals surface area contributed by atoms with E-state index >= 15 is 0 Å². The first-order chi connectivity index (χ1) is 14.6. The Hall–Kier alpha value is -3.67. The molecule has 3 amide bonds. The molecule has 1 atom stereocenters. The fraction of sp³-hybridized carbons (Fsp3) is 0.208. The molecule has 3 aromatic carbocycles. The second kappa shape index (κ2) is 8.78. The second-order valence-electron chi connectivity index (χ2n) is 7.35. The number of nitrogens with one attached hydrogen (secondary N) is 2. The standard InChI is InChI=1S/C24H23N3O3/c28-22-15-20(16-27(22)21-8-2-1-3-9-21)24(30)26-13-12-25-23(29)19-11-10-17-6-4-5-7-18(17)14-19/h1-11,14,20H,12-13,15-16H2,(H,25,29)(H,26,30)/t20-/m1/s1. The van der Waals surface area contributed by atoms with Crippen LogP contribution >= 0.6 is 0 Å². The first kappa shape index (κ1) is 19.6. The number of carbonyl (C=O) groups is 3. The molecule has 0 radical (unpaired) electrons. The molecule has 0 spiro atoms. The van der Waals surface area contributed by atoms with E-state index in [-0.39, 0.29) is 30.1 Å². The zero-order chi connectivity index (χ0) is 20.9. The molecule has 1 saturated heterocycles. The van der Waals surface area contributed by atoms with Crippen molar-refractivity contribution in [2.45, 2.75) is 6.42 Å². The molecular formula is C24H23N3O3. The minimum absolute atomic E-state index is 0.0500. The Balaban J connectivity index is 1.24. The van der Waals surface area contributed by atoms with Crippen molar-refractivity contribution in [1.82, 2.24) is 10.6 Å². The Morgan fingerprint density at radius 3 is 2.37 bits per heavy atom. The zero-order valence-corrected chi connectivity index (χ0v) is 16.5. The lowest BCUT2D eigenvalue weighted by Crippen LogP contribution is -2.38. The van der Waals surface area contributed by atoms with E-state index in [9.17, 15) is 14.4 Å². The third-order valence-corrected chi connectivity index (χ3v) is 5.29. The molecule has 6 nitrogen and oxygen atoms in total. The zero-order valence-electron chi connectivity index (χ0n) is 16.5. The molecule has 0 aliphatic carbocycles. The van der Waals surface area contributed by atoms with Gasteiger partial charge in [-0.3, -0.25) is 14.4 Å². The summed E-state index contributed by atoms with van der Waals surface area (Å²) in [5.74, 6) is -0.775. The highest BCUT2D eigenvalue weighted by Crippen LogP contribution is 2.24. The summed E-state index contributed by atoms with van der Waals surface area (Å²) in [5.41, 5.74) is 1.39. The minimum atomic E-state index is -0.381.